The number of rotatable bonds is 5. The van der Waals surface area contributed by atoms with Gasteiger partial charge >= 0.3 is 0 Å². The molecule has 6 heteroatoms. The van der Waals surface area contributed by atoms with Crippen LogP contribution in [0.3, 0.4) is 0 Å². The van der Waals surface area contributed by atoms with Crippen LogP contribution in [0.5, 0.6) is 0 Å². The lowest BCUT2D eigenvalue weighted by Gasteiger charge is -2.42. The second kappa shape index (κ2) is 7.01. The van der Waals surface area contributed by atoms with Crippen molar-refractivity contribution in [2.45, 2.75) is 44.9 Å². The van der Waals surface area contributed by atoms with E-state index in [0.717, 1.165) is 44.3 Å². The first-order valence-corrected chi connectivity index (χ1v) is 10.8. The Labute approximate surface area is 133 Å². The minimum atomic E-state index is -3.08. The molecule has 1 heterocycles. The van der Waals surface area contributed by atoms with Gasteiger partial charge in [-0.2, -0.15) is 11.8 Å². The van der Waals surface area contributed by atoms with E-state index in [4.69, 9.17) is 0 Å². The molecule has 2 rings (SSSR count). The van der Waals surface area contributed by atoms with Crippen LogP contribution < -0.4 is 0 Å². The van der Waals surface area contributed by atoms with Crippen molar-refractivity contribution in [1.29, 1.82) is 0 Å². The Morgan fingerprint density at radius 1 is 1.33 bits per heavy atom. The molecule has 0 amide bonds. The molecule has 0 spiro atoms. The van der Waals surface area contributed by atoms with Gasteiger partial charge in [0.15, 0.2) is 9.84 Å². The second-order valence-electron chi connectivity index (χ2n) is 6.61. The van der Waals surface area contributed by atoms with E-state index in [0.29, 0.717) is 18.2 Å². The Balaban J connectivity index is 2.13. The second-order valence-corrected chi connectivity index (χ2v) is 10.2. The summed E-state index contributed by atoms with van der Waals surface area (Å²) in [4.78, 5) is 13.8. The minimum absolute atomic E-state index is 0.180. The summed E-state index contributed by atoms with van der Waals surface area (Å²) in [6.07, 6.45) is 5.07. The summed E-state index contributed by atoms with van der Waals surface area (Å²) in [5, 5.41) is -0.405. The summed E-state index contributed by atoms with van der Waals surface area (Å²) < 4.78 is 24.6. The van der Waals surface area contributed by atoms with Gasteiger partial charge in [0.25, 0.3) is 0 Å². The predicted octanol–water partition coefficient (Wildman–Crippen LogP) is 2.19. The highest BCUT2D eigenvalue weighted by molar-refractivity contribution is 8.01. The fraction of sp³-hybridized carbons (Fsp3) is 0.933. The number of hydrogen-bond donors (Lipinski definition) is 0. The number of thioether (sulfide) groups is 1. The van der Waals surface area contributed by atoms with E-state index < -0.39 is 15.2 Å². The van der Waals surface area contributed by atoms with Gasteiger partial charge in [0.1, 0.15) is 11.7 Å². The number of sulfone groups is 1. The fourth-order valence-corrected chi connectivity index (χ4v) is 6.45. The maximum absolute atomic E-state index is 12.3. The molecule has 1 atom stereocenters. The molecular formula is C15H27NO3S2. The molecule has 1 saturated heterocycles. The first kappa shape index (κ1) is 17.3. The van der Waals surface area contributed by atoms with Crippen LogP contribution in [0.4, 0.5) is 0 Å². The van der Waals surface area contributed by atoms with Gasteiger partial charge in [-0.25, -0.2) is 8.42 Å². The summed E-state index contributed by atoms with van der Waals surface area (Å²) in [7, 11) is -3.08. The average Bonchev–Trinajstić information content (AvgIpc) is 2.50. The van der Waals surface area contributed by atoms with Gasteiger partial charge in [0.05, 0.1) is 0 Å². The van der Waals surface area contributed by atoms with Gasteiger partial charge < -0.3 is 4.79 Å². The van der Waals surface area contributed by atoms with Gasteiger partial charge in [-0.15, -0.1) is 0 Å². The quantitative estimate of drug-likeness (QED) is 0.722. The summed E-state index contributed by atoms with van der Waals surface area (Å²) in [5.74, 6) is 2.47. The average molecular weight is 334 g/mol. The van der Waals surface area contributed by atoms with E-state index in [9.17, 15) is 13.2 Å². The topological polar surface area (TPSA) is 54.5 Å². The van der Waals surface area contributed by atoms with E-state index in [2.05, 4.69) is 11.8 Å². The van der Waals surface area contributed by atoms with E-state index in [1.807, 2.05) is 0 Å². The molecule has 0 aromatic carbocycles. The molecule has 0 bridgehead atoms. The van der Waals surface area contributed by atoms with Crippen LogP contribution >= 0.6 is 11.8 Å². The van der Waals surface area contributed by atoms with E-state index in [-0.39, 0.29) is 11.2 Å². The number of carbonyl (C=O) groups is 1. The molecule has 1 aliphatic heterocycles. The third kappa shape index (κ3) is 4.02. The summed E-state index contributed by atoms with van der Waals surface area (Å²) in [6, 6.07) is 0. The highest BCUT2D eigenvalue weighted by atomic mass is 32.2. The van der Waals surface area contributed by atoms with Crippen LogP contribution in [-0.2, 0) is 14.6 Å². The van der Waals surface area contributed by atoms with Gasteiger partial charge in [-0.3, -0.25) is 4.90 Å². The minimum Gasteiger partial charge on any atom is -0.303 e. The first-order valence-electron chi connectivity index (χ1n) is 7.92. The Hall–Kier alpha value is -0.0700. The lowest BCUT2D eigenvalue weighted by Crippen LogP contribution is -2.52. The van der Waals surface area contributed by atoms with Crippen LogP contribution in [0.25, 0.3) is 0 Å². The highest BCUT2D eigenvalue weighted by Crippen LogP contribution is 2.39. The maximum Gasteiger partial charge on any atom is 0.166 e. The highest BCUT2D eigenvalue weighted by Gasteiger charge is 2.40. The Bertz CT molecular complexity index is 456. The maximum atomic E-state index is 12.3. The standard InChI is InChI=1S/C15H27NO3S2/c1-3-21(18,19)14-10-20-9-8-16(14)11-15(12-17)6-4-13(2)5-7-15/h12-14H,3-11H2,1-2H3. The van der Waals surface area contributed by atoms with Crippen LogP contribution in [0.1, 0.15) is 39.5 Å². The number of hydrogen-bond acceptors (Lipinski definition) is 5. The number of carbonyl (C=O) groups excluding carboxylic acids is 1. The summed E-state index contributed by atoms with van der Waals surface area (Å²) in [6.45, 7) is 5.34. The van der Waals surface area contributed by atoms with Gasteiger partial charge in [-0.1, -0.05) is 13.8 Å². The molecule has 2 aliphatic rings. The molecule has 0 aromatic rings. The van der Waals surface area contributed by atoms with Crippen LogP contribution in [-0.4, -0.2) is 55.3 Å². The molecular weight excluding hydrogens is 306 g/mol. The molecule has 122 valence electrons. The zero-order valence-electron chi connectivity index (χ0n) is 13.1. The van der Waals surface area contributed by atoms with Crippen molar-refractivity contribution < 1.29 is 13.2 Å². The molecule has 1 saturated carbocycles. The third-order valence-electron chi connectivity index (χ3n) is 5.05. The lowest BCUT2D eigenvalue weighted by atomic mass is 9.71. The Morgan fingerprint density at radius 2 is 2.00 bits per heavy atom. The van der Waals surface area contributed by atoms with Crippen molar-refractivity contribution in [3.05, 3.63) is 0 Å². The van der Waals surface area contributed by atoms with Gasteiger partial charge in [0, 0.05) is 35.8 Å². The van der Waals surface area contributed by atoms with Crippen molar-refractivity contribution in [3.8, 4) is 0 Å². The first-order chi connectivity index (χ1) is 9.92. The third-order valence-corrected chi connectivity index (χ3v) is 8.38. The predicted molar refractivity (Wildman–Crippen MR) is 88.3 cm³/mol. The number of nitrogens with zero attached hydrogens (tertiary/aromatic N) is 1. The van der Waals surface area contributed by atoms with Crippen molar-refractivity contribution in [1.82, 2.24) is 4.90 Å². The van der Waals surface area contributed by atoms with Crippen molar-refractivity contribution in [3.63, 3.8) is 0 Å². The van der Waals surface area contributed by atoms with Crippen LogP contribution in [0.2, 0.25) is 0 Å². The largest absolute Gasteiger partial charge is 0.303 e. The Morgan fingerprint density at radius 3 is 2.57 bits per heavy atom. The molecule has 2 fully saturated rings. The van der Waals surface area contributed by atoms with Crippen molar-refractivity contribution in [2.75, 3.05) is 30.3 Å². The molecule has 0 radical (unpaired) electrons. The molecule has 4 nitrogen and oxygen atoms in total. The van der Waals surface area contributed by atoms with E-state index in [1.165, 1.54) is 0 Å². The fourth-order valence-electron chi connectivity index (χ4n) is 3.37. The monoisotopic (exact) mass is 333 g/mol. The SMILES string of the molecule is CCS(=O)(=O)C1CSCCN1CC1(C=O)CCC(C)CC1. The smallest absolute Gasteiger partial charge is 0.166 e. The molecule has 1 aliphatic carbocycles. The van der Waals surface area contributed by atoms with Crippen LogP contribution in [0.15, 0.2) is 0 Å². The lowest BCUT2D eigenvalue weighted by molar-refractivity contribution is -0.119. The van der Waals surface area contributed by atoms with E-state index >= 15 is 0 Å². The summed E-state index contributed by atoms with van der Waals surface area (Å²) in [5.41, 5.74) is -0.323. The normalized spacial score (nSPS) is 35.5. The molecule has 0 aromatic heterocycles. The molecule has 1 unspecified atom stereocenters. The van der Waals surface area contributed by atoms with Crippen molar-refractivity contribution >= 4 is 27.9 Å². The molecule has 21 heavy (non-hydrogen) atoms. The van der Waals surface area contributed by atoms with Gasteiger partial charge in [0.2, 0.25) is 0 Å². The molecule has 0 N–H and O–H groups in total. The summed E-state index contributed by atoms with van der Waals surface area (Å²) >= 11 is 1.71. The Kier molecular flexibility index (Phi) is 5.77. The van der Waals surface area contributed by atoms with E-state index in [1.54, 1.807) is 18.7 Å². The van der Waals surface area contributed by atoms with Crippen molar-refractivity contribution in [2.24, 2.45) is 11.3 Å². The zero-order valence-corrected chi connectivity index (χ0v) is 14.7. The van der Waals surface area contributed by atoms with Gasteiger partial charge in [-0.05, 0) is 31.6 Å². The van der Waals surface area contributed by atoms with Crippen LogP contribution in [0, 0.1) is 11.3 Å². The number of aldehydes is 1. The zero-order chi connectivity index (χ0) is 15.5.